The van der Waals surface area contributed by atoms with E-state index in [1.165, 1.54) is 5.56 Å². The van der Waals surface area contributed by atoms with E-state index >= 15 is 0 Å². The fourth-order valence-corrected chi connectivity index (χ4v) is 3.32. The summed E-state index contributed by atoms with van der Waals surface area (Å²) in [5.41, 5.74) is 6.57. The lowest BCUT2D eigenvalue weighted by molar-refractivity contribution is 0.479. The maximum atomic E-state index is 9.01. The van der Waals surface area contributed by atoms with Crippen LogP contribution in [0, 0.1) is 0 Å². The Morgan fingerprint density at radius 1 is 0.889 bits per heavy atom. The molecule has 27 heavy (non-hydrogen) atoms. The van der Waals surface area contributed by atoms with Gasteiger partial charge in [0.25, 0.3) is 0 Å². The summed E-state index contributed by atoms with van der Waals surface area (Å²) in [6.45, 7) is 3.31. The molecule has 3 rings (SSSR count). The van der Waals surface area contributed by atoms with Crippen LogP contribution in [-0.4, -0.2) is 27.5 Å². The van der Waals surface area contributed by atoms with E-state index in [9.17, 15) is 0 Å². The van der Waals surface area contributed by atoms with E-state index in [2.05, 4.69) is 54.7 Å². The van der Waals surface area contributed by atoms with Gasteiger partial charge in [0.05, 0.1) is 11.4 Å². The third kappa shape index (κ3) is 5.44. The molecule has 0 saturated heterocycles. The minimum Gasteiger partial charge on any atom is -0.350 e. The van der Waals surface area contributed by atoms with Crippen molar-refractivity contribution in [2.45, 2.75) is 19.9 Å². The van der Waals surface area contributed by atoms with Crippen LogP contribution >= 0.6 is 8.38 Å². The Kier molecular flexibility index (Phi) is 7.08. The summed E-state index contributed by atoms with van der Waals surface area (Å²) in [5.74, 6) is 0. The summed E-state index contributed by atoms with van der Waals surface area (Å²) in [5, 5.41) is 3.22. The third-order valence-corrected chi connectivity index (χ3v) is 5.09. The van der Waals surface area contributed by atoms with Gasteiger partial charge in [0.15, 0.2) is 8.38 Å². The highest BCUT2D eigenvalue weighted by Crippen LogP contribution is 2.31. The maximum absolute atomic E-state index is 9.01. The van der Waals surface area contributed by atoms with E-state index in [0.717, 1.165) is 34.5 Å². The van der Waals surface area contributed by atoms with Crippen LogP contribution in [0.5, 0.6) is 0 Å². The summed E-state index contributed by atoms with van der Waals surface area (Å²) < 4.78 is 0. The van der Waals surface area contributed by atoms with Gasteiger partial charge >= 0.3 is 0 Å². The summed E-state index contributed by atoms with van der Waals surface area (Å²) in [7, 11) is -1.85. The maximum Gasteiger partial charge on any atom is 0.166 e. The average Bonchev–Trinajstić information content (AvgIpc) is 2.72. The van der Waals surface area contributed by atoms with Crippen molar-refractivity contribution in [3.8, 4) is 22.4 Å². The van der Waals surface area contributed by atoms with Gasteiger partial charge in [0.1, 0.15) is 0 Å². The molecule has 0 aliphatic heterocycles. The van der Waals surface area contributed by atoms with Gasteiger partial charge in [-0.2, -0.15) is 0 Å². The molecule has 0 amide bonds. The lowest BCUT2D eigenvalue weighted by atomic mass is 9.97. The Labute approximate surface area is 161 Å². The van der Waals surface area contributed by atoms with Crippen LogP contribution in [0.2, 0.25) is 0 Å². The molecule has 0 bridgehead atoms. The highest BCUT2D eigenvalue weighted by Gasteiger charge is 2.11. The molecule has 0 radical (unpaired) electrons. The van der Waals surface area contributed by atoms with Crippen molar-refractivity contribution in [2.24, 2.45) is 0 Å². The lowest BCUT2D eigenvalue weighted by Crippen LogP contribution is -2.18. The highest BCUT2D eigenvalue weighted by molar-refractivity contribution is 7.45. The van der Waals surface area contributed by atoms with Crippen LogP contribution < -0.4 is 5.32 Å². The molecule has 1 heterocycles. The van der Waals surface area contributed by atoms with Crippen molar-refractivity contribution < 1.29 is 9.79 Å². The molecule has 0 aliphatic rings. The molecule has 0 unspecified atom stereocenters. The molecule has 4 nitrogen and oxygen atoms in total. The first-order valence-electron chi connectivity index (χ1n) is 9.18. The number of aryl methyl sites for hydroxylation is 1. The molecular weight excluding hydrogens is 355 g/mol. The largest absolute Gasteiger partial charge is 0.350 e. The lowest BCUT2D eigenvalue weighted by Gasteiger charge is -2.13. The number of hydrogen-bond acceptors (Lipinski definition) is 4. The molecule has 0 atom stereocenters. The Bertz CT molecular complexity index is 852. The normalized spacial score (nSPS) is 11.1. The number of benzene rings is 2. The van der Waals surface area contributed by atoms with Gasteiger partial charge in [-0.25, -0.2) is 0 Å². The zero-order valence-electron chi connectivity index (χ0n) is 15.5. The zero-order chi connectivity index (χ0) is 19.1. The minimum absolute atomic E-state index is 0.364. The smallest absolute Gasteiger partial charge is 0.166 e. The Balaban J connectivity index is 1.90. The van der Waals surface area contributed by atoms with Crippen molar-refractivity contribution in [1.29, 1.82) is 0 Å². The first kappa shape index (κ1) is 19.7. The predicted octanol–water partition coefficient (Wildman–Crippen LogP) is 4.36. The van der Waals surface area contributed by atoms with E-state index in [1.807, 2.05) is 24.3 Å². The summed E-state index contributed by atoms with van der Waals surface area (Å²) in [4.78, 5) is 22.9. The van der Waals surface area contributed by atoms with Crippen LogP contribution in [0.25, 0.3) is 22.4 Å². The van der Waals surface area contributed by atoms with E-state index < -0.39 is 8.38 Å². The molecular formula is C22H25N2O2P. The molecule has 2 aromatic carbocycles. The quantitative estimate of drug-likeness (QED) is 0.401. The van der Waals surface area contributed by atoms with Gasteiger partial charge < -0.3 is 15.1 Å². The van der Waals surface area contributed by atoms with Crippen LogP contribution in [-0.2, 0) is 13.0 Å². The van der Waals surface area contributed by atoms with E-state index in [4.69, 9.17) is 14.8 Å². The number of pyridine rings is 1. The Morgan fingerprint density at radius 3 is 2.30 bits per heavy atom. The van der Waals surface area contributed by atoms with Crippen LogP contribution in [0.4, 0.5) is 0 Å². The molecule has 0 aliphatic carbocycles. The fraction of sp³-hybridized carbons (Fsp3) is 0.227. The Hall–Kier alpha value is -2.10. The molecule has 1 aromatic heterocycles. The van der Waals surface area contributed by atoms with E-state index in [0.29, 0.717) is 19.3 Å². The second-order valence-corrected chi connectivity index (χ2v) is 7.58. The molecule has 5 heteroatoms. The SMILES string of the molecule is CCc1ccc(-c2ccc(CNCCP(O)O)nc2-c2ccccc2)cc1. The van der Waals surface area contributed by atoms with Gasteiger partial charge in [-0.05, 0) is 23.6 Å². The van der Waals surface area contributed by atoms with Crippen molar-refractivity contribution in [3.05, 3.63) is 78.0 Å². The van der Waals surface area contributed by atoms with Crippen molar-refractivity contribution in [1.82, 2.24) is 10.3 Å². The van der Waals surface area contributed by atoms with Gasteiger partial charge in [-0.3, -0.25) is 4.98 Å². The van der Waals surface area contributed by atoms with Crippen molar-refractivity contribution >= 4 is 8.38 Å². The number of nitrogens with zero attached hydrogens (tertiary/aromatic N) is 1. The van der Waals surface area contributed by atoms with Crippen LogP contribution in [0.1, 0.15) is 18.2 Å². The summed E-state index contributed by atoms with van der Waals surface area (Å²) in [6.07, 6.45) is 1.39. The summed E-state index contributed by atoms with van der Waals surface area (Å²) in [6, 6.07) is 23.0. The fourth-order valence-electron chi connectivity index (χ4n) is 2.96. The van der Waals surface area contributed by atoms with E-state index in [-0.39, 0.29) is 0 Å². The zero-order valence-corrected chi connectivity index (χ0v) is 16.4. The van der Waals surface area contributed by atoms with E-state index in [1.54, 1.807) is 0 Å². The standard InChI is InChI=1S/C22H25N2O2P/c1-2-17-8-10-18(11-9-17)21-13-12-20(16-23-14-15-27(25)26)24-22(21)19-6-4-3-5-7-19/h3-13,23,25-26H,2,14-16H2,1H3. The molecule has 0 fully saturated rings. The molecule has 3 aromatic rings. The molecule has 3 N–H and O–H groups in total. The van der Waals surface area contributed by atoms with Crippen molar-refractivity contribution in [2.75, 3.05) is 12.7 Å². The third-order valence-electron chi connectivity index (χ3n) is 4.47. The minimum atomic E-state index is -1.85. The first-order valence-corrected chi connectivity index (χ1v) is 10.6. The Morgan fingerprint density at radius 2 is 1.63 bits per heavy atom. The van der Waals surface area contributed by atoms with Gasteiger partial charge in [0, 0.05) is 30.4 Å². The second kappa shape index (κ2) is 9.72. The summed E-state index contributed by atoms with van der Waals surface area (Å²) >= 11 is 0. The van der Waals surface area contributed by atoms with Crippen LogP contribution in [0.15, 0.2) is 66.7 Å². The number of hydrogen-bond donors (Lipinski definition) is 3. The predicted molar refractivity (Wildman–Crippen MR) is 112 cm³/mol. The molecule has 0 spiro atoms. The number of rotatable bonds is 8. The van der Waals surface area contributed by atoms with Gasteiger partial charge in [-0.15, -0.1) is 0 Å². The van der Waals surface area contributed by atoms with Gasteiger partial charge in [-0.1, -0.05) is 67.6 Å². The van der Waals surface area contributed by atoms with Crippen molar-refractivity contribution in [3.63, 3.8) is 0 Å². The molecule has 140 valence electrons. The molecule has 0 saturated carbocycles. The highest BCUT2D eigenvalue weighted by atomic mass is 31.2. The topological polar surface area (TPSA) is 65.4 Å². The number of nitrogens with one attached hydrogen (secondary N) is 1. The second-order valence-electron chi connectivity index (χ2n) is 6.39. The first-order chi connectivity index (χ1) is 13.2. The monoisotopic (exact) mass is 380 g/mol. The van der Waals surface area contributed by atoms with Gasteiger partial charge in [0.2, 0.25) is 0 Å². The van der Waals surface area contributed by atoms with Crippen LogP contribution in [0.3, 0.4) is 0 Å². The average molecular weight is 380 g/mol. The number of aromatic nitrogens is 1.